The standard InChI is InChI=1S/C18H26FN5/c1-22(2)9-3-10-24-13-8-21-18(24)15-5-11-23(12-6-15)17-4-7-20-14-16(17)19/h4,7-8,13-15H,3,5-6,9-12H2,1-2H3. The van der Waals surface area contributed by atoms with Crippen LogP contribution in [0.1, 0.15) is 31.0 Å². The second-order valence-corrected chi connectivity index (χ2v) is 6.72. The minimum Gasteiger partial charge on any atom is -0.369 e. The Hall–Kier alpha value is -1.95. The lowest BCUT2D eigenvalue weighted by Gasteiger charge is -2.33. The summed E-state index contributed by atoms with van der Waals surface area (Å²) in [5.74, 6) is 1.41. The van der Waals surface area contributed by atoms with Gasteiger partial charge in [0.15, 0.2) is 5.82 Å². The molecule has 1 aliphatic rings. The summed E-state index contributed by atoms with van der Waals surface area (Å²) < 4.78 is 16.2. The minimum absolute atomic E-state index is 0.235. The van der Waals surface area contributed by atoms with Crippen molar-refractivity contribution < 1.29 is 4.39 Å². The molecule has 0 bridgehead atoms. The summed E-state index contributed by atoms with van der Waals surface area (Å²) in [7, 11) is 4.20. The highest BCUT2D eigenvalue weighted by atomic mass is 19.1. The fourth-order valence-electron chi connectivity index (χ4n) is 3.43. The predicted octanol–water partition coefficient (Wildman–Crippen LogP) is 2.75. The molecule has 0 radical (unpaired) electrons. The summed E-state index contributed by atoms with van der Waals surface area (Å²) in [6.07, 6.45) is 10.1. The first-order valence-corrected chi connectivity index (χ1v) is 8.65. The number of nitrogens with zero attached hydrogens (tertiary/aromatic N) is 5. The molecule has 0 atom stereocenters. The second kappa shape index (κ2) is 7.75. The van der Waals surface area contributed by atoms with Crippen molar-refractivity contribution in [3.63, 3.8) is 0 Å². The topological polar surface area (TPSA) is 37.2 Å². The van der Waals surface area contributed by atoms with Gasteiger partial charge in [-0.05, 0) is 46.0 Å². The first-order valence-electron chi connectivity index (χ1n) is 8.65. The van der Waals surface area contributed by atoms with Crippen molar-refractivity contribution in [1.82, 2.24) is 19.4 Å². The number of imidazole rings is 1. The van der Waals surface area contributed by atoms with E-state index in [9.17, 15) is 4.39 Å². The summed E-state index contributed by atoms with van der Waals surface area (Å²) in [4.78, 5) is 12.8. The number of hydrogen-bond donors (Lipinski definition) is 0. The summed E-state index contributed by atoms with van der Waals surface area (Å²) >= 11 is 0. The lowest BCUT2D eigenvalue weighted by Crippen LogP contribution is -2.34. The molecule has 3 rings (SSSR count). The Morgan fingerprint density at radius 2 is 2.04 bits per heavy atom. The zero-order valence-electron chi connectivity index (χ0n) is 14.5. The third-order valence-corrected chi connectivity index (χ3v) is 4.70. The van der Waals surface area contributed by atoms with E-state index in [0.29, 0.717) is 11.6 Å². The normalized spacial score (nSPS) is 16.1. The highest BCUT2D eigenvalue weighted by molar-refractivity contribution is 5.46. The third-order valence-electron chi connectivity index (χ3n) is 4.70. The Morgan fingerprint density at radius 1 is 1.25 bits per heavy atom. The van der Waals surface area contributed by atoms with Gasteiger partial charge in [0.25, 0.3) is 0 Å². The molecular weight excluding hydrogens is 305 g/mol. The van der Waals surface area contributed by atoms with Crippen LogP contribution in [0.4, 0.5) is 10.1 Å². The van der Waals surface area contributed by atoms with Gasteiger partial charge in [0.2, 0.25) is 0 Å². The van der Waals surface area contributed by atoms with Crippen LogP contribution in [-0.4, -0.2) is 53.2 Å². The number of piperidine rings is 1. The molecule has 1 aliphatic heterocycles. The molecular formula is C18H26FN5. The van der Waals surface area contributed by atoms with E-state index in [-0.39, 0.29) is 5.82 Å². The van der Waals surface area contributed by atoms with E-state index in [1.807, 2.05) is 6.20 Å². The van der Waals surface area contributed by atoms with Crippen LogP contribution in [0.25, 0.3) is 0 Å². The lowest BCUT2D eigenvalue weighted by molar-refractivity contribution is 0.379. The van der Waals surface area contributed by atoms with Crippen LogP contribution in [0.3, 0.4) is 0 Å². The van der Waals surface area contributed by atoms with Crippen LogP contribution in [0, 0.1) is 5.82 Å². The third kappa shape index (κ3) is 3.93. The summed E-state index contributed by atoms with van der Waals surface area (Å²) in [6, 6.07) is 1.76. The van der Waals surface area contributed by atoms with E-state index in [1.54, 1.807) is 12.3 Å². The predicted molar refractivity (Wildman–Crippen MR) is 93.8 cm³/mol. The molecule has 6 heteroatoms. The number of aryl methyl sites for hydroxylation is 1. The highest BCUT2D eigenvalue weighted by Gasteiger charge is 2.25. The second-order valence-electron chi connectivity index (χ2n) is 6.72. The minimum atomic E-state index is -0.235. The Labute approximate surface area is 143 Å². The maximum atomic E-state index is 13.9. The highest BCUT2D eigenvalue weighted by Crippen LogP contribution is 2.30. The first kappa shape index (κ1) is 16.9. The van der Waals surface area contributed by atoms with Crippen molar-refractivity contribution in [2.45, 2.75) is 31.7 Å². The van der Waals surface area contributed by atoms with Crippen molar-refractivity contribution in [2.75, 3.05) is 38.6 Å². The van der Waals surface area contributed by atoms with Crippen LogP contribution >= 0.6 is 0 Å². The molecule has 0 amide bonds. The van der Waals surface area contributed by atoms with E-state index < -0.39 is 0 Å². The zero-order valence-corrected chi connectivity index (χ0v) is 14.5. The van der Waals surface area contributed by atoms with Gasteiger partial charge in [-0.25, -0.2) is 9.37 Å². The Kier molecular flexibility index (Phi) is 5.45. The van der Waals surface area contributed by atoms with Gasteiger partial charge in [0.05, 0.1) is 11.9 Å². The molecule has 130 valence electrons. The van der Waals surface area contributed by atoms with Gasteiger partial charge in [-0.2, -0.15) is 0 Å². The average Bonchev–Trinajstić information content (AvgIpc) is 3.04. The number of rotatable bonds is 6. The van der Waals surface area contributed by atoms with E-state index in [0.717, 1.165) is 45.4 Å². The van der Waals surface area contributed by atoms with Gasteiger partial charge >= 0.3 is 0 Å². The SMILES string of the molecule is CN(C)CCCn1ccnc1C1CCN(c2ccncc2F)CC1. The van der Waals surface area contributed by atoms with E-state index in [1.165, 1.54) is 12.0 Å². The fraction of sp³-hybridized carbons (Fsp3) is 0.556. The van der Waals surface area contributed by atoms with Gasteiger partial charge in [-0.3, -0.25) is 4.98 Å². The van der Waals surface area contributed by atoms with Crippen molar-refractivity contribution >= 4 is 5.69 Å². The van der Waals surface area contributed by atoms with Crippen molar-refractivity contribution in [3.05, 3.63) is 42.5 Å². The van der Waals surface area contributed by atoms with Gasteiger partial charge in [0.1, 0.15) is 5.82 Å². The van der Waals surface area contributed by atoms with E-state index in [2.05, 4.69) is 44.6 Å². The molecule has 1 saturated heterocycles. The smallest absolute Gasteiger partial charge is 0.164 e. The maximum Gasteiger partial charge on any atom is 0.164 e. The average molecular weight is 331 g/mol. The number of hydrogen-bond acceptors (Lipinski definition) is 4. The first-order chi connectivity index (χ1) is 11.6. The zero-order chi connectivity index (χ0) is 16.9. The fourth-order valence-corrected chi connectivity index (χ4v) is 3.43. The molecule has 24 heavy (non-hydrogen) atoms. The van der Waals surface area contributed by atoms with Crippen LogP contribution in [0.5, 0.6) is 0 Å². The van der Waals surface area contributed by atoms with E-state index >= 15 is 0 Å². The van der Waals surface area contributed by atoms with Crippen molar-refractivity contribution in [3.8, 4) is 0 Å². The van der Waals surface area contributed by atoms with Gasteiger partial charge in [-0.15, -0.1) is 0 Å². The molecule has 0 spiro atoms. The van der Waals surface area contributed by atoms with Crippen LogP contribution in [-0.2, 0) is 6.54 Å². The molecule has 0 saturated carbocycles. The van der Waals surface area contributed by atoms with Crippen molar-refractivity contribution in [1.29, 1.82) is 0 Å². The number of pyridine rings is 1. The van der Waals surface area contributed by atoms with Crippen LogP contribution < -0.4 is 4.90 Å². The monoisotopic (exact) mass is 331 g/mol. The summed E-state index contributed by atoms with van der Waals surface area (Å²) in [5.41, 5.74) is 0.665. The van der Waals surface area contributed by atoms with Gasteiger partial charge in [0, 0.05) is 44.1 Å². The molecule has 0 N–H and O–H groups in total. The maximum absolute atomic E-state index is 13.9. The number of aromatic nitrogens is 3. The molecule has 0 aliphatic carbocycles. The summed E-state index contributed by atoms with van der Waals surface area (Å²) in [5, 5.41) is 0. The largest absolute Gasteiger partial charge is 0.369 e. The molecule has 2 aromatic heterocycles. The lowest BCUT2D eigenvalue weighted by atomic mass is 9.95. The van der Waals surface area contributed by atoms with Gasteiger partial charge in [-0.1, -0.05) is 0 Å². The molecule has 0 unspecified atom stereocenters. The molecule has 2 aromatic rings. The summed E-state index contributed by atoms with van der Waals surface area (Å²) in [6.45, 7) is 3.80. The number of anilines is 1. The molecule has 0 aromatic carbocycles. The number of halogens is 1. The Bertz CT molecular complexity index is 646. The molecule has 1 fully saturated rings. The Morgan fingerprint density at radius 3 is 2.75 bits per heavy atom. The molecule has 5 nitrogen and oxygen atoms in total. The van der Waals surface area contributed by atoms with E-state index in [4.69, 9.17) is 0 Å². The Balaban J connectivity index is 1.59. The van der Waals surface area contributed by atoms with Crippen LogP contribution in [0.15, 0.2) is 30.9 Å². The van der Waals surface area contributed by atoms with Crippen molar-refractivity contribution in [2.24, 2.45) is 0 Å². The van der Waals surface area contributed by atoms with Gasteiger partial charge < -0.3 is 14.4 Å². The van der Waals surface area contributed by atoms with Crippen LogP contribution in [0.2, 0.25) is 0 Å². The quantitative estimate of drug-likeness (QED) is 0.816. The molecule has 3 heterocycles.